The van der Waals surface area contributed by atoms with Crippen LogP contribution in [-0.4, -0.2) is 6.26 Å². The van der Waals surface area contributed by atoms with E-state index in [0.29, 0.717) is 0 Å². The molecule has 0 fully saturated rings. The summed E-state index contributed by atoms with van der Waals surface area (Å²) in [6, 6.07) is 18.7. The van der Waals surface area contributed by atoms with Crippen molar-refractivity contribution in [2.45, 2.75) is 17.9 Å². The van der Waals surface area contributed by atoms with Gasteiger partial charge in [0.05, 0.1) is 6.04 Å². The molecular formula is C17H17NOS. The minimum Gasteiger partial charge on any atom is -0.459 e. The summed E-state index contributed by atoms with van der Waals surface area (Å²) in [4.78, 5) is 1.25. The minimum absolute atomic E-state index is 0.135. The van der Waals surface area contributed by atoms with Crippen molar-refractivity contribution in [3.05, 3.63) is 60.4 Å². The molecular weight excluding hydrogens is 266 g/mol. The summed E-state index contributed by atoms with van der Waals surface area (Å²) < 4.78 is 5.91. The summed E-state index contributed by atoms with van der Waals surface area (Å²) >= 11 is 1.74. The Morgan fingerprint density at radius 2 is 1.80 bits per heavy atom. The fourth-order valence-electron chi connectivity index (χ4n) is 2.28. The van der Waals surface area contributed by atoms with Gasteiger partial charge < -0.3 is 9.73 Å². The highest BCUT2D eigenvalue weighted by Gasteiger charge is 2.12. The number of para-hydroxylation sites is 2. The lowest BCUT2D eigenvalue weighted by Crippen LogP contribution is -2.06. The molecule has 1 aromatic heterocycles. The van der Waals surface area contributed by atoms with Crippen LogP contribution in [0.3, 0.4) is 0 Å². The minimum atomic E-state index is 0.135. The molecule has 1 N–H and O–H groups in total. The van der Waals surface area contributed by atoms with Crippen LogP contribution in [0.1, 0.15) is 18.7 Å². The van der Waals surface area contributed by atoms with Gasteiger partial charge in [0.1, 0.15) is 11.3 Å². The summed E-state index contributed by atoms with van der Waals surface area (Å²) in [6.45, 7) is 2.12. The van der Waals surface area contributed by atoms with Crippen LogP contribution in [0.4, 0.5) is 5.69 Å². The predicted octanol–water partition coefficient (Wildman–Crippen LogP) is 5.33. The summed E-state index contributed by atoms with van der Waals surface area (Å²) in [5.74, 6) is 0.960. The van der Waals surface area contributed by atoms with E-state index < -0.39 is 0 Å². The maximum Gasteiger partial charge on any atom is 0.134 e. The summed E-state index contributed by atoms with van der Waals surface area (Å²) in [6.07, 6.45) is 2.09. The number of furan rings is 1. The quantitative estimate of drug-likeness (QED) is 0.655. The topological polar surface area (TPSA) is 25.2 Å². The standard InChI is InChI=1S/C17H17NOS/c1-12(18-14-8-4-6-10-17(14)20-2)16-11-13-7-3-5-9-15(13)19-16/h3-12,18H,1-2H3. The highest BCUT2D eigenvalue weighted by Crippen LogP contribution is 2.30. The van der Waals surface area contributed by atoms with E-state index in [-0.39, 0.29) is 6.04 Å². The van der Waals surface area contributed by atoms with Crippen LogP contribution < -0.4 is 5.32 Å². The molecule has 0 aliphatic rings. The van der Waals surface area contributed by atoms with Crippen LogP contribution in [0, 0.1) is 0 Å². The Balaban J connectivity index is 1.87. The van der Waals surface area contributed by atoms with Crippen LogP contribution >= 0.6 is 11.8 Å². The molecule has 0 bridgehead atoms. The number of benzene rings is 2. The number of anilines is 1. The summed E-state index contributed by atoms with van der Waals surface area (Å²) in [7, 11) is 0. The van der Waals surface area contributed by atoms with Gasteiger partial charge in [0, 0.05) is 16.0 Å². The van der Waals surface area contributed by atoms with E-state index in [9.17, 15) is 0 Å². The number of nitrogens with one attached hydrogen (secondary N) is 1. The molecule has 0 saturated carbocycles. The molecule has 0 radical (unpaired) electrons. The van der Waals surface area contributed by atoms with Gasteiger partial charge in [-0.05, 0) is 37.4 Å². The number of fused-ring (bicyclic) bond motifs is 1. The van der Waals surface area contributed by atoms with Crippen LogP contribution in [-0.2, 0) is 0 Å². The predicted molar refractivity (Wildman–Crippen MR) is 86.5 cm³/mol. The molecule has 1 atom stereocenters. The van der Waals surface area contributed by atoms with Crippen molar-refractivity contribution in [2.75, 3.05) is 11.6 Å². The third-order valence-electron chi connectivity index (χ3n) is 3.35. The SMILES string of the molecule is CSc1ccccc1NC(C)c1cc2ccccc2o1. The Morgan fingerprint density at radius 3 is 2.60 bits per heavy atom. The molecule has 1 unspecified atom stereocenters. The smallest absolute Gasteiger partial charge is 0.134 e. The normalized spacial score (nSPS) is 12.5. The van der Waals surface area contributed by atoms with E-state index >= 15 is 0 Å². The largest absolute Gasteiger partial charge is 0.459 e. The fourth-order valence-corrected chi connectivity index (χ4v) is 2.85. The molecule has 3 rings (SSSR count). The molecule has 102 valence electrons. The van der Waals surface area contributed by atoms with Crippen molar-refractivity contribution >= 4 is 28.4 Å². The molecule has 0 aliphatic heterocycles. The highest BCUT2D eigenvalue weighted by molar-refractivity contribution is 7.98. The van der Waals surface area contributed by atoms with Crippen molar-refractivity contribution in [1.29, 1.82) is 0 Å². The van der Waals surface area contributed by atoms with E-state index in [0.717, 1.165) is 22.4 Å². The van der Waals surface area contributed by atoms with Crippen LogP contribution in [0.2, 0.25) is 0 Å². The zero-order valence-electron chi connectivity index (χ0n) is 11.6. The lowest BCUT2D eigenvalue weighted by Gasteiger charge is -2.15. The van der Waals surface area contributed by atoms with E-state index in [2.05, 4.69) is 48.8 Å². The Bertz CT molecular complexity index is 687. The van der Waals surface area contributed by atoms with Crippen molar-refractivity contribution in [2.24, 2.45) is 0 Å². The van der Waals surface area contributed by atoms with E-state index in [1.54, 1.807) is 11.8 Å². The van der Waals surface area contributed by atoms with Gasteiger partial charge in [-0.3, -0.25) is 0 Å². The maximum atomic E-state index is 5.91. The average Bonchev–Trinajstić information content (AvgIpc) is 2.92. The molecule has 20 heavy (non-hydrogen) atoms. The van der Waals surface area contributed by atoms with E-state index in [1.807, 2.05) is 24.3 Å². The number of thioether (sulfide) groups is 1. The summed E-state index contributed by atoms with van der Waals surface area (Å²) in [5.41, 5.74) is 2.09. The highest BCUT2D eigenvalue weighted by atomic mass is 32.2. The van der Waals surface area contributed by atoms with Crippen LogP contribution in [0.25, 0.3) is 11.0 Å². The van der Waals surface area contributed by atoms with Gasteiger partial charge >= 0.3 is 0 Å². The second kappa shape index (κ2) is 5.63. The van der Waals surface area contributed by atoms with Gasteiger partial charge in [0.25, 0.3) is 0 Å². The molecule has 3 aromatic rings. The Morgan fingerprint density at radius 1 is 1.05 bits per heavy atom. The monoisotopic (exact) mass is 283 g/mol. The first-order valence-electron chi connectivity index (χ1n) is 6.66. The third kappa shape index (κ3) is 2.54. The number of rotatable bonds is 4. The lowest BCUT2D eigenvalue weighted by atomic mass is 10.2. The first kappa shape index (κ1) is 13.1. The van der Waals surface area contributed by atoms with Crippen molar-refractivity contribution in [1.82, 2.24) is 0 Å². The first-order valence-corrected chi connectivity index (χ1v) is 7.88. The third-order valence-corrected chi connectivity index (χ3v) is 4.15. The molecule has 0 aliphatic carbocycles. The zero-order valence-corrected chi connectivity index (χ0v) is 12.4. The van der Waals surface area contributed by atoms with Gasteiger partial charge in [-0.2, -0.15) is 0 Å². The maximum absolute atomic E-state index is 5.91. The Labute approximate surface area is 123 Å². The lowest BCUT2D eigenvalue weighted by molar-refractivity contribution is 0.526. The summed E-state index contributed by atoms with van der Waals surface area (Å²) in [5, 5.41) is 4.67. The van der Waals surface area contributed by atoms with Gasteiger partial charge in [0.2, 0.25) is 0 Å². The zero-order chi connectivity index (χ0) is 13.9. The first-order chi connectivity index (χ1) is 9.78. The fraction of sp³-hybridized carbons (Fsp3) is 0.176. The molecule has 0 spiro atoms. The van der Waals surface area contributed by atoms with E-state index in [1.165, 1.54) is 4.90 Å². The van der Waals surface area contributed by atoms with Gasteiger partial charge in [-0.1, -0.05) is 30.3 Å². The van der Waals surface area contributed by atoms with Gasteiger partial charge in [-0.25, -0.2) is 0 Å². The molecule has 2 nitrogen and oxygen atoms in total. The van der Waals surface area contributed by atoms with Crippen molar-refractivity contribution in [3.8, 4) is 0 Å². The molecule has 2 aromatic carbocycles. The van der Waals surface area contributed by atoms with Crippen molar-refractivity contribution in [3.63, 3.8) is 0 Å². The number of hydrogen-bond donors (Lipinski definition) is 1. The van der Waals surface area contributed by atoms with Gasteiger partial charge in [0.15, 0.2) is 0 Å². The molecule has 1 heterocycles. The Kier molecular flexibility index (Phi) is 3.70. The number of hydrogen-bond acceptors (Lipinski definition) is 3. The van der Waals surface area contributed by atoms with Crippen molar-refractivity contribution < 1.29 is 4.42 Å². The van der Waals surface area contributed by atoms with E-state index in [4.69, 9.17) is 4.42 Å². The van der Waals surface area contributed by atoms with Crippen LogP contribution in [0.5, 0.6) is 0 Å². The molecule has 0 saturated heterocycles. The van der Waals surface area contributed by atoms with Crippen LogP contribution in [0.15, 0.2) is 63.9 Å². The molecule has 3 heteroatoms. The average molecular weight is 283 g/mol. The Hall–Kier alpha value is -1.87. The molecule has 0 amide bonds. The van der Waals surface area contributed by atoms with Gasteiger partial charge in [-0.15, -0.1) is 11.8 Å². The second-order valence-corrected chi connectivity index (χ2v) is 5.60. The second-order valence-electron chi connectivity index (χ2n) is 4.75.